The molecule has 1 aliphatic carbocycles. The molecule has 0 bridgehead atoms. The van der Waals surface area contributed by atoms with Crippen LogP contribution in [0.5, 0.6) is 0 Å². The van der Waals surface area contributed by atoms with Crippen LogP contribution in [0.2, 0.25) is 0 Å². The van der Waals surface area contributed by atoms with E-state index in [1.807, 2.05) is 12.1 Å². The SMILES string of the molecule is c1ccc(-n2c(-c3ccc(-c4ccc5cc6c(cc5c4)-c4cccc5cccc-6c45)cc3)nc3ccccc32)cc1. The van der Waals surface area contributed by atoms with Crippen molar-refractivity contribution in [3.8, 4) is 50.5 Å². The number of aromatic nitrogens is 2. The molecule has 190 valence electrons. The first-order valence-electron chi connectivity index (χ1n) is 14.1. The number of fused-ring (bicyclic) bond motifs is 5. The summed E-state index contributed by atoms with van der Waals surface area (Å²) >= 11 is 0. The molecule has 0 atom stereocenters. The fourth-order valence-electron chi connectivity index (χ4n) is 6.58. The Kier molecular flexibility index (Phi) is 4.64. The topological polar surface area (TPSA) is 17.8 Å². The molecule has 1 aliphatic rings. The number of hydrogen-bond donors (Lipinski definition) is 0. The molecule has 0 unspecified atom stereocenters. The van der Waals surface area contributed by atoms with Gasteiger partial charge in [-0.15, -0.1) is 0 Å². The van der Waals surface area contributed by atoms with E-state index in [1.165, 1.54) is 54.9 Å². The van der Waals surface area contributed by atoms with E-state index in [1.54, 1.807) is 0 Å². The van der Waals surface area contributed by atoms with E-state index in [4.69, 9.17) is 4.98 Å². The second-order valence-corrected chi connectivity index (χ2v) is 10.8. The molecule has 0 saturated carbocycles. The summed E-state index contributed by atoms with van der Waals surface area (Å²) in [5.74, 6) is 0.951. The summed E-state index contributed by atoms with van der Waals surface area (Å²) in [6, 6.07) is 52.5. The van der Waals surface area contributed by atoms with E-state index in [2.05, 4.69) is 138 Å². The monoisotopic (exact) mass is 520 g/mol. The molecule has 2 nitrogen and oxygen atoms in total. The van der Waals surface area contributed by atoms with Crippen molar-refractivity contribution in [2.75, 3.05) is 0 Å². The number of imidazole rings is 1. The fraction of sp³-hybridized carbons (Fsp3) is 0. The molecule has 9 rings (SSSR count). The highest BCUT2D eigenvalue weighted by atomic mass is 15.1. The quantitative estimate of drug-likeness (QED) is 0.227. The molecule has 41 heavy (non-hydrogen) atoms. The first-order valence-corrected chi connectivity index (χ1v) is 14.1. The lowest BCUT2D eigenvalue weighted by Crippen LogP contribution is -1.97. The number of para-hydroxylation sites is 3. The average Bonchev–Trinajstić information content (AvgIpc) is 3.58. The molecule has 0 N–H and O–H groups in total. The van der Waals surface area contributed by atoms with Gasteiger partial charge in [0.25, 0.3) is 0 Å². The van der Waals surface area contributed by atoms with Gasteiger partial charge in [0.15, 0.2) is 0 Å². The first kappa shape index (κ1) is 22.4. The van der Waals surface area contributed by atoms with Gasteiger partial charge in [0.2, 0.25) is 0 Å². The lowest BCUT2D eigenvalue weighted by Gasteiger charge is -2.11. The molecule has 1 aromatic heterocycles. The Morgan fingerprint density at radius 1 is 0.415 bits per heavy atom. The Morgan fingerprint density at radius 2 is 1.07 bits per heavy atom. The van der Waals surface area contributed by atoms with Crippen LogP contribution >= 0.6 is 0 Å². The number of hydrogen-bond acceptors (Lipinski definition) is 1. The summed E-state index contributed by atoms with van der Waals surface area (Å²) in [5, 5.41) is 5.21. The van der Waals surface area contributed by atoms with Gasteiger partial charge in [0, 0.05) is 11.3 Å². The first-order chi connectivity index (χ1) is 20.3. The molecule has 0 radical (unpaired) electrons. The molecule has 2 heteroatoms. The van der Waals surface area contributed by atoms with E-state index in [0.29, 0.717) is 0 Å². The molecule has 0 saturated heterocycles. The minimum Gasteiger partial charge on any atom is -0.292 e. The predicted molar refractivity (Wildman–Crippen MR) is 171 cm³/mol. The molecule has 0 fully saturated rings. The highest BCUT2D eigenvalue weighted by Crippen LogP contribution is 2.48. The summed E-state index contributed by atoms with van der Waals surface area (Å²) in [6.07, 6.45) is 0. The minimum absolute atomic E-state index is 0.951. The van der Waals surface area contributed by atoms with Gasteiger partial charge < -0.3 is 0 Å². The van der Waals surface area contributed by atoms with Crippen LogP contribution in [0.15, 0.2) is 146 Å². The average molecular weight is 521 g/mol. The normalized spacial score (nSPS) is 11.9. The Bertz CT molecular complexity index is 2290. The second-order valence-electron chi connectivity index (χ2n) is 10.8. The zero-order valence-electron chi connectivity index (χ0n) is 22.3. The zero-order chi connectivity index (χ0) is 26.9. The summed E-state index contributed by atoms with van der Waals surface area (Å²) in [7, 11) is 0. The Labute approximate surface area is 237 Å². The zero-order valence-corrected chi connectivity index (χ0v) is 22.3. The van der Waals surface area contributed by atoms with E-state index in [0.717, 1.165) is 28.1 Å². The van der Waals surface area contributed by atoms with Crippen molar-refractivity contribution in [2.45, 2.75) is 0 Å². The van der Waals surface area contributed by atoms with E-state index in [9.17, 15) is 0 Å². The van der Waals surface area contributed by atoms with E-state index >= 15 is 0 Å². The third-order valence-electron chi connectivity index (χ3n) is 8.51. The number of benzene rings is 7. The Hall–Kier alpha value is -5.47. The summed E-state index contributed by atoms with van der Waals surface area (Å²) in [6.45, 7) is 0. The van der Waals surface area contributed by atoms with Gasteiger partial charge in [-0.3, -0.25) is 4.57 Å². The van der Waals surface area contributed by atoms with Crippen molar-refractivity contribution < 1.29 is 0 Å². The minimum atomic E-state index is 0.951. The lowest BCUT2D eigenvalue weighted by atomic mass is 9.95. The van der Waals surface area contributed by atoms with Crippen LogP contribution in [0, 0.1) is 0 Å². The largest absolute Gasteiger partial charge is 0.292 e. The highest BCUT2D eigenvalue weighted by Gasteiger charge is 2.21. The summed E-state index contributed by atoms with van der Waals surface area (Å²) in [4.78, 5) is 5.03. The summed E-state index contributed by atoms with van der Waals surface area (Å²) in [5.41, 5.74) is 12.1. The van der Waals surface area contributed by atoms with Crippen LogP contribution in [0.1, 0.15) is 0 Å². The van der Waals surface area contributed by atoms with Gasteiger partial charge in [0.1, 0.15) is 5.82 Å². The van der Waals surface area contributed by atoms with Gasteiger partial charge >= 0.3 is 0 Å². The molecule has 0 amide bonds. The molecule has 8 aromatic rings. The fourth-order valence-corrected chi connectivity index (χ4v) is 6.58. The van der Waals surface area contributed by atoms with Gasteiger partial charge in [-0.2, -0.15) is 0 Å². The van der Waals surface area contributed by atoms with Gasteiger partial charge in [0.05, 0.1) is 11.0 Å². The van der Waals surface area contributed by atoms with Crippen LogP contribution in [0.3, 0.4) is 0 Å². The third kappa shape index (κ3) is 3.34. The Balaban J connectivity index is 1.13. The van der Waals surface area contributed by atoms with Crippen LogP contribution in [0.25, 0.3) is 83.0 Å². The molecular formula is C39H24N2. The molecular weight excluding hydrogens is 496 g/mol. The maximum Gasteiger partial charge on any atom is 0.145 e. The van der Waals surface area contributed by atoms with Crippen molar-refractivity contribution in [1.82, 2.24) is 9.55 Å². The van der Waals surface area contributed by atoms with Gasteiger partial charge in [-0.05, 0) is 97.4 Å². The van der Waals surface area contributed by atoms with Crippen molar-refractivity contribution in [3.63, 3.8) is 0 Å². The number of rotatable bonds is 3. The van der Waals surface area contributed by atoms with E-state index in [-0.39, 0.29) is 0 Å². The van der Waals surface area contributed by atoms with Crippen molar-refractivity contribution in [2.24, 2.45) is 0 Å². The molecule has 1 heterocycles. The van der Waals surface area contributed by atoms with Crippen LogP contribution in [-0.4, -0.2) is 9.55 Å². The van der Waals surface area contributed by atoms with Gasteiger partial charge in [-0.1, -0.05) is 103 Å². The molecule has 7 aromatic carbocycles. The molecule has 0 spiro atoms. The maximum atomic E-state index is 5.03. The third-order valence-corrected chi connectivity index (χ3v) is 8.51. The van der Waals surface area contributed by atoms with Crippen LogP contribution in [-0.2, 0) is 0 Å². The highest BCUT2D eigenvalue weighted by molar-refractivity contribution is 6.17. The van der Waals surface area contributed by atoms with Crippen molar-refractivity contribution >= 4 is 32.6 Å². The lowest BCUT2D eigenvalue weighted by molar-refractivity contribution is 1.10. The van der Waals surface area contributed by atoms with Gasteiger partial charge in [-0.25, -0.2) is 4.98 Å². The van der Waals surface area contributed by atoms with Crippen molar-refractivity contribution in [1.29, 1.82) is 0 Å². The maximum absolute atomic E-state index is 5.03. The molecule has 0 aliphatic heterocycles. The predicted octanol–water partition coefficient (Wildman–Crippen LogP) is 10.3. The Morgan fingerprint density at radius 3 is 1.85 bits per heavy atom. The smallest absolute Gasteiger partial charge is 0.145 e. The van der Waals surface area contributed by atoms with E-state index < -0.39 is 0 Å². The van der Waals surface area contributed by atoms with Crippen LogP contribution in [0.4, 0.5) is 0 Å². The van der Waals surface area contributed by atoms with Crippen LogP contribution < -0.4 is 0 Å². The number of nitrogens with zero attached hydrogens (tertiary/aromatic N) is 2. The summed E-state index contributed by atoms with van der Waals surface area (Å²) < 4.78 is 2.25. The standard InChI is InChI=1S/C39H24N2/c1-2-10-31(11-3-1)41-37-15-5-4-14-36(37)40-39(41)27-18-16-25(17-19-27)28-20-21-29-23-34-32-12-6-8-26-9-7-13-33(38(26)32)35(34)24-30(29)22-28/h1-24H. The second kappa shape index (κ2) is 8.51. The van der Waals surface area contributed by atoms with Crippen molar-refractivity contribution in [3.05, 3.63) is 146 Å².